The maximum Gasteiger partial charge on any atom is 0.143 e. The topological polar surface area (TPSA) is 26.0 Å². The Morgan fingerprint density at radius 3 is 1.67 bits per heavy atom. The van der Waals surface area contributed by atoms with Gasteiger partial charge in [0.15, 0.2) is 0 Å². The highest BCUT2D eigenvalue weighted by Gasteiger charge is 2.20. The molecule has 10 aromatic carbocycles. The van der Waals surface area contributed by atoms with Crippen LogP contribution in [-0.4, -0.2) is 4.98 Å². The van der Waals surface area contributed by atoms with Crippen molar-refractivity contribution >= 4 is 86.7 Å². The molecular weight excluding hydrogens is 667 g/mol. The van der Waals surface area contributed by atoms with E-state index in [2.05, 4.69) is 188 Å². The van der Waals surface area contributed by atoms with Crippen LogP contribution < -0.4 is 0 Å². The summed E-state index contributed by atoms with van der Waals surface area (Å²) in [5.74, 6) is 0. The lowest BCUT2D eigenvalue weighted by Gasteiger charge is -2.17. The van der Waals surface area contributed by atoms with Crippen molar-refractivity contribution in [2.45, 2.75) is 0 Å². The lowest BCUT2D eigenvalue weighted by Crippen LogP contribution is -1.93. The molecule has 0 radical (unpaired) electrons. The molecule has 0 aliphatic carbocycles. The van der Waals surface area contributed by atoms with Crippen molar-refractivity contribution in [2.24, 2.45) is 0 Å². The highest BCUT2D eigenvalue weighted by Crippen LogP contribution is 2.46. The molecule has 0 amide bonds. The molecule has 0 unspecified atom stereocenters. The zero-order chi connectivity index (χ0) is 36.0. The summed E-state index contributed by atoms with van der Waals surface area (Å²) >= 11 is 0. The van der Waals surface area contributed by atoms with Gasteiger partial charge in [-0.25, -0.2) is 4.98 Å². The maximum absolute atomic E-state index is 6.79. The first kappa shape index (κ1) is 30.2. The predicted octanol–water partition coefficient (Wildman–Crippen LogP) is 14.9. The van der Waals surface area contributed by atoms with Gasteiger partial charge in [0.25, 0.3) is 0 Å². The fourth-order valence-corrected chi connectivity index (χ4v) is 9.09. The molecule has 0 bridgehead atoms. The first-order chi connectivity index (χ1) is 27.3. The van der Waals surface area contributed by atoms with Crippen molar-refractivity contribution in [2.75, 3.05) is 0 Å². The monoisotopic (exact) mass is 697 g/mol. The number of aromatic nitrogens is 1. The lowest BCUT2D eigenvalue weighted by molar-refractivity contribution is 0.670. The van der Waals surface area contributed by atoms with Gasteiger partial charge < -0.3 is 4.42 Å². The number of fused-ring (bicyclic) bond motifs is 14. The third kappa shape index (κ3) is 4.46. The van der Waals surface area contributed by atoms with E-state index in [9.17, 15) is 0 Å². The fourth-order valence-electron chi connectivity index (χ4n) is 9.09. The predicted molar refractivity (Wildman–Crippen MR) is 233 cm³/mol. The van der Waals surface area contributed by atoms with Crippen molar-refractivity contribution in [3.8, 4) is 33.5 Å². The summed E-state index contributed by atoms with van der Waals surface area (Å²) in [7, 11) is 0. The van der Waals surface area contributed by atoms with E-state index in [1.807, 2.05) is 0 Å². The Balaban J connectivity index is 1.10. The van der Waals surface area contributed by atoms with Crippen LogP contribution in [0, 0.1) is 0 Å². The first-order valence-corrected chi connectivity index (χ1v) is 18.9. The van der Waals surface area contributed by atoms with Crippen molar-refractivity contribution in [3.63, 3.8) is 0 Å². The van der Waals surface area contributed by atoms with E-state index >= 15 is 0 Å². The van der Waals surface area contributed by atoms with Gasteiger partial charge in [0.1, 0.15) is 11.2 Å². The molecule has 55 heavy (non-hydrogen) atoms. The van der Waals surface area contributed by atoms with Crippen LogP contribution in [-0.2, 0) is 0 Å². The second-order valence-electron chi connectivity index (χ2n) is 14.6. The Labute approximate surface area is 316 Å². The van der Waals surface area contributed by atoms with Crippen LogP contribution in [0.25, 0.3) is 120 Å². The molecule has 0 saturated carbocycles. The van der Waals surface area contributed by atoms with Crippen molar-refractivity contribution < 1.29 is 4.42 Å². The summed E-state index contributed by atoms with van der Waals surface area (Å²) < 4.78 is 6.79. The molecule has 254 valence electrons. The smallest absolute Gasteiger partial charge is 0.143 e. The van der Waals surface area contributed by atoms with Gasteiger partial charge >= 0.3 is 0 Å². The number of rotatable bonds is 3. The molecule has 0 N–H and O–H groups in total. The highest BCUT2D eigenvalue weighted by atomic mass is 16.3. The van der Waals surface area contributed by atoms with Crippen molar-refractivity contribution in [3.05, 3.63) is 188 Å². The van der Waals surface area contributed by atoms with Crippen LogP contribution >= 0.6 is 0 Å². The van der Waals surface area contributed by atoms with Crippen LogP contribution in [0.5, 0.6) is 0 Å². The van der Waals surface area contributed by atoms with E-state index in [1.165, 1.54) is 70.2 Å². The Morgan fingerprint density at radius 2 is 0.909 bits per heavy atom. The van der Waals surface area contributed by atoms with Gasteiger partial charge in [-0.1, -0.05) is 170 Å². The summed E-state index contributed by atoms with van der Waals surface area (Å²) in [4.78, 5) is 5.48. The molecule has 2 nitrogen and oxygen atoms in total. The molecular formula is C53H31NO. The second-order valence-corrected chi connectivity index (χ2v) is 14.6. The van der Waals surface area contributed by atoms with Crippen molar-refractivity contribution in [1.29, 1.82) is 0 Å². The van der Waals surface area contributed by atoms with Crippen LogP contribution in [0.1, 0.15) is 0 Å². The van der Waals surface area contributed by atoms with Crippen LogP contribution in [0.3, 0.4) is 0 Å². The summed E-state index contributed by atoms with van der Waals surface area (Å²) in [6, 6.07) is 67.8. The average molecular weight is 698 g/mol. The van der Waals surface area contributed by atoms with Gasteiger partial charge in [0.2, 0.25) is 0 Å². The third-order valence-electron chi connectivity index (χ3n) is 11.6. The normalized spacial score (nSPS) is 12.0. The average Bonchev–Trinajstić information content (AvgIpc) is 3.66. The van der Waals surface area contributed by atoms with E-state index in [1.54, 1.807) is 0 Å². The van der Waals surface area contributed by atoms with Gasteiger partial charge in [-0.05, 0) is 72.6 Å². The number of hydrogen-bond acceptors (Lipinski definition) is 2. The molecule has 2 heterocycles. The minimum Gasteiger partial charge on any atom is -0.455 e. The van der Waals surface area contributed by atoms with Gasteiger partial charge in [-0.3, -0.25) is 0 Å². The highest BCUT2D eigenvalue weighted by molar-refractivity contribution is 6.30. The molecule has 0 aliphatic heterocycles. The summed E-state index contributed by atoms with van der Waals surface area (Å²) in [5, 5.41) is 15.6. The van der Waals surface area contributed by atoms with Crippen LogP contribution in [0.2, 0.25) is 0 Å². The van der Waals surface area contributed by atoms with E-state index in [-0.39, 0.29) is 0 Å². The molecule has 0 atom stereocenters. The molecule has 12 aromatic rings. The zero-order valence-electron chi connectivity index (χ0n) is 29.8. The summed E-state index contributed by atoms with van der Waals surface area (Å²) in [6.45, 7) is 0. The summed E-state index contributed by atoms with van der Waals surface area (Å²) in [5.41, 5.74) is 9.54. The molecule has 2 aromatic heterocycles. The number of pyridine rings is 1. The minimum absolute atomic E-state index is 0.911. The number of furan rings is 1. The van der Waals surface area contributed by atoms with E-state index in [4.69, 9.17) is 9.40 Å². The molecule has 0 saturated heterocycles. The fraction of sp³-hybridized carbons (Fsp3) is 0. The Morgan fingerprint density at radius 1 is 0.327 bits per heavy atom. The number of nitrogens with zero attached hydrogens (tertiary/aromatic N) is 1. The van der Waals surface area contributed by atoms with Gasteiger partial charge in [0, 0.05) is 43.4 Å². The van der Waals surface area contributed by atoms with Crippen LogP contribution in [0.15, 0.2) is 192 Å². The quantitative estimate of drug-likeness (QED) is 0.172. The molecule has 0 aliphatic rings. The Kier molecular flexibility index (Phi) is 6.37. The van der Waals surface area contributed by atoms with Gasteiger partial charge in [-0.15, -0.1) is 0 Å². The van der Waals surface area contributed by atoms with Gasteiger partial charge in [-0.2, -0.15) is 0 Å². The first-order valence-electron chi connectivity index (χ1n) is 18.9. The summed E-state index contributed by atoms with van der Waals surface area (Å²) in [6.07, 6.45) is 0. The SMILES string of the molecule is c1ccc(-c2nc3c4ccccc4ccc3c3c2cc(-c2ccc(-c4cc5ccccc5c5c4oc4ccc6ccccc6c45)cc2)c2ccccc23)cc1. The second kappa shape index (κ2) is 11.6. The Hall–Kier alpha value is -7.29. The molecule has 0 spiro atoms. The van der Waals surface area contributed by atoms with Gasteiger partial charge in [0.05, 0.1) is 11.2 Å². The van der Waals surface area contributed by atoms with E-state index in [0.717, 1.165) is 50.0 Å². The Bertz CT molecular complexity index is 3520. The molecule has 2 heteroatoms. The van der Waals surface area contributed by atoms with Crippen LogP contribution in [0.4, 0.5) is 0 Å². The standard InChI is InChI=1S/C53H31NO/c1-2-14-36(15-3-1)51-46-31-44(41-20-10-11-21-42(41)48(46)43-28-26-33-13-5-9-19-40(33)52(43)54-51)34-22-24-35(25-23-34)45-30-37-16-6-8-18-39(37)50-49-38-17-7-4-12-32(38)27-29-47(49)55-53(45)50/h1-31H. The molecule has 0 fully saturated rings. The number of benzene rings is 10. The van der Waals surface area contributed by atoms with Crippen molar-refractivity contribution in [1.82, 2.24) is 4.98 Å². The minimum atomic E-state index is 0.911. The lowest BCUT2D eigenvalue weighted by atomic mass is 9.88. The number of hydrogen-bond donors (Lipinski definition) is 0. The molecule has 12 rings (SSSR count). The van der Waals surface area contributed by atoms with E-state index in [0.29, 0.717) is 0 Å². The zero-order valence-corrected chi connectivity index (χ0v) is 29.8. The maximum atomic E-state index is 6.79. The van der Waals surface area contributed by atoms with E-state index < -0.39 is 0 Å². The largest absolute Gasteiger partial charge is 0.455 e. The third-order valence-corrected chi connectivity index (χ3v) is 11.6.